The fraction of sp³-hybridized carbons (Fsp3) is 0.438. The van der Waals surface area contributed by atoms with Crippen molar-refractivity contribution in [3.63, 3.8) is 0 Å². The molecule has 20 heavy (non-hydrogen) atoms. The summed E-state index contributed by atoms with van der Waals surface area (Å²) in [6, 6.07) is 5.58. The predicted molar refractivity (Wildman–Crippen MR) is 82.6 cm³/mol. The second-order valence-electron chi connectivity index (χ2n) is 4.90. The first-order valence-electron chi connectivity index (χ1n) is 6.77. The van der Waals surface area contributed by atoms with E-state index in [1.807, 2.05) is 39.2 Å². The highest BCUT2D eigenvalue weighted by molar-refractivity contribution is 5.96. The summed E-state index contributed by atoms with van der Waals surface area (Å²) in [5.41, 5.74) is 7.81. The Kier molecular flexibility index (Phi) is 6.78. The molecule has 0 aliphatic carbocycles. The highest BCUT2D eigenvalue weighted by Gasteiger charge is 2.10. The van der Waals surface area contributed by atoms with Gasteiger partial charge in [0.2, 0.25) is 0 Å². The van der Waals surface area contributed by atoms with Crippen molar-refractivity contribution >= 4 is 5.91 Å². The third-order valence-electron chi connectivity index (χ3n) is 2.97. The number of benzene rings is 1. The average Bonchev–Trinajstić information content (AvgIpc) is 2.42. The lowest BCUT2D eigenvalue weighted by atomic mass is 10.0. The van der Waals surface area contributed by atoms with Crippen LogP contribution in [0.25, 0.3) is 0 Å². The molecule has 0 fully saturated rings. The van der Waals surface area contributed by atoms with Crippen LogP contribution in [0.1, 0.15) is 27.9 Å². The SMILES string of the molecule is Cc1c(C#CCN)cccc1C(=O)NCCCN(C)C. The molecule has 0 saturated heterocycles. The molecule has 0 radical (unpaired) electrons. The van der Waals surface area contributed by atoms with E-state index in [2.05, 4.69) is 22.1 Å². The molecule has 0 aliphatic rings. The number of amides is 1. The Hall–Kier alpha value is -1.83. The quantitative estimate of drug-likeness (QED) is 0.621. The average molecular weight is 273 g/mol. The van der Waals surface area contributed by atoms with Crippen LogP contribution < -0.4 is 11.1 Å². The van der Waals surface area contributed by atoms with Crippen LogP contribution in [0.3, 0.4) is 0 Å². The van der Waals surface area contributed by atoms with Crippen molar-refractivity contribution in [2.45, 2.75) is 13.3 Å². The molecule has 108 valence electrons. The van der Waals surface area contributed by atoms with E-state index in [1.165, 1.54) is 0 Å². The van der Waals surface area contributed by atoms with Crippen LogP contribution in [0.2, 0.25) is 0 Å². The highest BCUT2D eigenvalue weighted by Crippen LogP contribution is 2.12. The number of nitrogens with zero attached hydrogens (tertiary/aromatic N) is 1. The molecule has 4 heteroatoms. The number of nitrogens with two attached hydrogens (primary N) is 1. The lowest BCUT2D eigenvalue weighted by molar-refractivity contribution is 0.0951. The normalized spacial score (nSPS) is 10.1. The summed E-state index contributed by atoms with van der Waals surface area (Å²) in [6.07, 6.45) is 0.935. The highest BCUT2D eigenvalue weighted by atomic mass is 16.1. The fourth-order valence-electron chi connectivity index (χ4n) is 1.86. The Morgan fingerprint density at radius 3 is 2.80 bits per heavy atom. The molecular weight excluding hydrogens is 250 g/mol. The summed E-state index contributed by atoms with van der Waals surface area (Å²) < 4.78 is 0. The fourth-order valence-corrected chi connectivity index (χ4v) is 1.86. The molecule has 3 N–H and O–H groups in total. The van der Waals surface area contributed by atoms with Crippen molar-refractivity contribution in [2.24, 2.45) is 5.73 Å². The number of nitrogens with one attached hydrogen (secondary N) is 1. The standard InChI is InChI=1S/C16H23N3O/c1-13-14(8-5-10-17)7-4-9-15(13)16(20)18-11-6-12-19(2)3/h4,7,9H,6,10-12,17H2,1-3H3,(H,18,20). The van der Waals surface area contributed by atoms with Crippen molar-refractivity contribution in [3.05, 3.63) is 34.9 Å². The Bertz CT molecular complexity index is 512. The van der Waals surface area contributed by atoms with Gasteiger partial charge in [0.05, 0.1) is 6.54 Å². The minimum absolute atomic E-state index is 0.0438. The van der Waals surface area contributed by atoms with E-state index in [-0.39, 0.29) is 5.91 Å². The maximum atomic E-state index is 12.1. The van der Waals surface area contributed by atoms with E-state index < -0.39 is 0 Å². The zero-order valence-corrected chi connectivity index (χ0v) is 12.5. The van der Waals surface area contributed by atoms with Crippen LogP contribution in [0.15, 0.2) is 18.2 Å². The monoisotopic (exact) mass is 273 g/mol. The van der Waals surface area contributed by atoms with Crippen molar-refractivity contribution in [3.8, 4) is 11.8 Å². The van der Waals surface area contributed by atoms with Gasteiger partial charge >= 0.3 is 0 Å². The van der Waals surface area contributed by atoms with Gasteiger partial charge in [-0.2, -0.15) is 0 Å². The van der Waals surface area contributed by atoms with Gasteiger partial charge in [0.25, 0.3) is 5.91 Å². The molecule has 0 aromatic heterocycles. The van der Waals surface area contributed by atoms with E-state index in [0.717, 1.165) is 24.1 Å². The van der Waals surface area contributed by atoms with Crippen molar-refractivity contribution < 1.29 is 4.79 Å². The summed E-state index contributed by atoms with van der Waals surface area (Å²) in [4.78, 5) is 14.2. The predicted octanol–water partition coefficient (Wildman–Crippen LogP) is 0.987. The second kappa shape index (κ2) is 8.36. The van der Waals surface area contributed by atoms with E-state index >= 15 is 0 Å². The Balaban J connectivity index is 2.68. The van der Waals surface area contributed by atoms with E-state index in [4.69, 9.17) is 5.73 Å². The molecule has 1 rings (SSSR count). The number of rotatable bonds is 5. The molecule has 1 aromatic carbocycles. The zero-order valence-electron chi connectivity index (χ0n) is 12.5. The van der Waals surface area contributed by atoms with Gasteiger partial charge in [0.1, 0.15) is 0 Å². The Morgan fingerprint density at radius 2 is 2.15 bits per heavy atom. The lowest BCUT2D eigenvalue weighted by Gasteiger charge is -2.11. The summed E-state index contributed by atoms with van der Waals surface area (Å²) in [7, 11) is 4.04. The molecule has 0 aliphatic heterocycles. The summed E-state index contributed by atoms with van der Waals surface area (Å²) >= 11 is 0. The van der Waals surface area contributed by atoms with Crippen molar-refractivity contribution in [2.75, 3.05) is 33.7 Å². The van der Waals surface area contributed by atoms with E-state index in [9.17, 15) is 4.79 Å². The first kappa shape index (κ1) is 16.2. The van der Waals surface area contributed by atoms with Gasteiger partial charge < -0.3 is 16.0 Å². The van der Waals surface area contributed by atoms with Gasteiger partial charge in [-0.05, 0) is 51.7 Å². The molecule has 0 heterocycles. The number of carbonyl (C=O) groups excluding carboxylic acids is 1. The second-order valence-corrected chi connectivity index (χ2v) is 4.90. The first-order valence-corrected chi connectivity index (χ1v) is 6.77. The topological polar surface area (TPSA) is 58.4 Å². The van der Waals surface area contributed by atoms with Crippen LogP contribution >= 0.6 is 0 Å². The van der Waals surface area contributed by atoms with Gasteiger partial charge in [0.15, 0.2) is 0 Å². The van der Waals surface area contributed by atoms with Gasteiger partial charge in [-0.25, -0.2) is 0 Å². The third-order valence-corrected chi connectivity index (χ3v) is 2.97. The molecule has 0 spiro atoms. The zero-order chi connectivity index (χ0) is 15.0. The van der Waals surface area contributed by atoms with Gasteiger partial charge in [-0.3, -0.25) is 4.79 Å². The molecule has 1 amide bonds. The van der Waals surface area contributed by atoms with Crippen LogP contribution in [-0.4, -0.2) is 44.5 Å². The van der Waals surface area contributed by atoms with Crippen molar-refractivity contribution in [1.82, 2.24) is 10.2 Å². The number of carbonyl (C=O) groups is 1. The van der Waals surface area contributed by atoms with Crippen LogP contribution in [0, 0.1) is 18.8 Å². The molecule has 0 atom stereocenters. The van der Waals surface area contributed by atoms with E-state index in [0.29, 0.717) is 18.7 Å². The summed E-state index contributed by atoms with van der Waals surface area (Å²) in [6.45, 7) is 3.87. The third kappa shape index (κ3) is 5.04. The van der Waals surface area contributed by atoms with Crippen LogP contribution in [0.4, 0.5) is 0 Å². The molecule has 4 nitrogen and oxygen atoms in total. The minimum atomic E-state index is -0.0438. The number of hydrogen-bond acceptors (Lipinski definition) is 3. The van der Waals surface area contributed by atoms with Crippen molar-refractivity contribution in [1.29, 1.82) is 0 Å². The molecular formula is C16H23N3O. The maximum Gasteiger partial charge on any atom is 0.251 e. The van der Waals surface area contributed by atoms with Gasteiger partial charge in [0, 0.05) is 17.7 Å². The van der Waals surface area contributed by atoms with Crippen LogP contribution in [-0.2, 0) is 0 Å². The summed E-state index contributed by atoms with van der Waals surface area (Å²) in [5, 5.41) is 2.94. The Labute approximate surface area is 121 Å². The van der Waals surface area contributed by atoms with E-state index in [1.54, 1.807) is 0 Å². The van der Waals surface area contributed by atoms with Gasteiger partial charge in [-0.1, -0.05) is 17.9 Å². The molecule has 0 saturated carbocycles. The largest absolute Gasteiger partial charge is 0.352 e. The smallest absolute Gasteiger partial charge is 0.251 e. The molecule has 0 bridgehead atoms. The van der Waals surface area contributed by atoms with Gasteiger partial charge in [-0.15, -0.1) is 0 Å². The van der Waals surface area contributed by atoms with Crippen LogP contribution in [0.5, 0.6) is 0 Å². The summed E-state index contributed by atoms with van der Waals surface area (Å²) in [5.74, 6) is 5.76. The number of hydrogen-bond donors (Lipinski definition) is 2. The first-order chi connectivity index (χ1) is 9.56. The minimum Gasteiger partial charge on any atom is -0.352 e. The molecule has 1 aromatic rings. The molecule has 0 unspecified atom stereocenters. The lowest BCUT2D eigenvalue weighted by Crippen LogP contribution is -2.27. The maximum absolute atomic E-state index is 12.1. The Morgan fingerprint density at radius 1 is 1.40 bits per heavy atom.